The third-order valence-corrected chi connectivity index (χ3v) is 3.11. The van der Waals surface area contributed by atoms with Crippen molar-refractivity contribution in [2.75, 3.05) is 25.5 Å². The van der Waals surface area contributed by atoms with Crippen LogP contribution >= 0.6 is 0 Å². The predicted octanol–water partition coefficient (Wildman–Crippen LogP) is 2.31. The fraction of sp³-hybridized carbons (Fsp3) is 0.333. The summed E-state index contributed by atoms with van der Waals surface area (Å²) >= 11 is 0. The van der Waals surface area contributed by atoms with Crippen molar-refractivity contribution in [3.05, 3.63) is 47.9 Å². The first kappa shape index (κ1) is 13.5. The Morgan fingerprint density at radius 2 is 2.00 bits per heavy atom. The third kappa shape index (κ3) is 3.29. The van der Waals surface area contributed by atoms with E-state index >= 15 is 0 Å². The molecule has 1 aromatic heterocycles. The molecular formula is C15H20N4. The maximum Gasteiger partial charge on any atom is 0.136 e. The van der Waals surface area contributed by atoms with Gasteiger partial charge in [-0.3, -0.25) is 0 Å². The summed E-state index contributed by atoms with van der Waals surface area (Å²) in [5.41, 5.74) is 2.40. The zero-order valence-electron chi connectivity index (χ0n) is 11.7. The number of anilines is 2. The second-order valence-electron chi connectivity index (χ2n) is 4.53. The maximum absolute atomic E-state index is 4.60. The van der Waals surface area contributed by atoms with Crippen LogP contribution in [0.4, 0.5) is 11.5 Å². The second-order valence-corrected chi connectivity index (χ2v) is 4.53. The molecule has 1 aromatic carbocycles. The molecule has 100 valence electrons. The molecule has 4 heteroatoms. The van der Waals surface area contributed by atoms with Crippen LogP contribution in [0.25, 0.3) is 0 Å². The number of rotatable bonds is 5. The molecule has 0 radical (unpaired) electrons. The van der Waals surface area contributed by atoms with E-state index in [2.05, 4.69) is 39.2 Å². The summed E-state index contributed by atoms with van der Waals surface area (Å²) in [6.07, 6.45) is 2.66. The highest BCUT2D eigenvalue weighted by Gasteiger charge is 2.08. The molecule has 0 aliphatic heterocycles. The van der Waals surface area contributed by atoms with Crippen LogP contribution < -0.4 is 10.2 Å². The average molecular weight is 256 g/mol. The van der Waals surface area contributed by atoms with Gasteiger partial charge in [-0.15, -0.1) is 0 Å². The molecule has 0 aliphatic rings. The van der Waals surface area contributed by atoms with E-state index in [1.807, 2.05) is 38.5 Å². The van der Waals surface area contributed by atoms with Crippen LogP contribution in [0.3, 0.4) is 0 Å². The highest BCUT2D eigenvalue weighted by molar-refractivity contribution is 5.62. The van der Waals surface area contributed by atoms with E-state index < -0.39 is 0 Å². The normalized spacial score (nSPS) is 10.5. The summed E-state index contributed by atoms with van der Waals surface area (Å²) in [5.74, 6) is 1.79. The Bertz CT molecular complexity index is 539. The lowest BCUT2D eigenvalue weighted by atomic mass is 10.2. The Balaban J connectivity index is 2.24. The fourth-order valence-electron chi connectivity index (χ4n) is 2.00. The van der Waals surface area contributed by atoms with Crippen molar-refractivity contribution in [2.24, 2.45) is 0 Å². The number of aryl methyl sites for hydroxylation is 1. The molecule has 0 saturated carbocycles. The number of hydrogen-bond acceptors (Lipinski definition) is 4. The molecule has 0 saturated heterocycles. The second kappa shape index (κ2) is 6.29. The minimum atomic E-state index is 0.839. The molecule has 0 atom stereocenters. The number of nitrogens with zero attached hydrogens (tertiary/aromatic N) is 3. The highest BCUT2D eigenvalue weighted by Crippen LogP contribution is 2.24. The number of para-hydroxylation sites is 1. The number of likely N-dealkylation sites (N-methyl/N-ethyl adjacent to an activating group) is 1. The van der Waals surface area contributed by atoms with E-state index in [0.29, 0.717) is 0 Å². The largest absolute Gasteiger partial charge is 0.329 e. The van der Waals surface area contributed by atoms with Crippen molar-refractivity contribution in [1.82, 2.24) is 15.3 Å². The van der Waals surface area contributed by atoms with E-state index in [1.165, 1.54) is 11.3 Å². The van der Waals surface area contributed by atoms with Gasteiger partial charge in [0.25, 0.3) is 0 Å². The van der Waals surface area contributed by atoms with E-state index in [4.69, 9.17) is 0 Å². The zero-order valence-corrected chi connectivity index (χ0v) is 11.7. The summed E-state index contributed by atoms with van der Waals surface area (Å²) in [6.45, 7) is 2.99. The van der Waals surface area contributed by atoms with Crippen molar-refractivity contribution in [3.63, 3.8) is 0 Å². The molecular weight excluding hydrogens is 236 g/mol. The van der Waals surface area contributed by atoms with Crippen molar-refractivity contribution in [3.8, 4) is 0 Å². The Morgan fingerprint density at radius 3 is 2.74 bits per heavy atom. The van der Waals surface area contributed by atoms with Gasteiger partial charge in [0, 0.05) is 31.9 Å². The summed E-state index contributed by atoms with van der Waals surface area (Å²) in [5, 5.41) is 3.11. The average Bonchev–Trinajstić information content (AvgIpc) is 2.45. The van der Waals surface area contributed by atoms with Gasteiger partial charge in [-0.1, -0.05) is 18.2 Å². The first-order valence-electron chi connectivity index (χ1n) is 6.48. The standard InChI is InChI=1S/C15H20N4/c1-12-6-4-5-7-13(12)19(3)15-9-11-17-14(18-15)8-10-16-2/h4-7,9,11,16H,8,10H2,1-3H3. The van der Waals surface area contributed by atoms with Gasteiger partial charge in [-0.05, 0) is 31.7 Å². The van der Waals surface area contributed by atoms with Crippen LogP contribution in [0.2, 0.25) is 0 Å². The first-order chi connectivity index (χ1) is 9.22. The number of nitrogens with one attached hydrogen (secondary N) is 1. The van der Waals surface area contributed by atoms with Gasteiger partial charge in [-0.25, -0.2) is 9.97 Å². The molecule has 1 heterocycles. The predicted molar refractivity (Wildman–Crippen MR) is 78.9 cm³/mol. The van der Waals surface area contributed by atoms with Crippen molar-refractivity contribution in [1.29, 1.82) is 0 Å². The van der Waals surface area contributed by atoms with Crippen LogP contribution in [-0.4, -0.2) is 30.6 Å². The molecule has 4 nitrogen and oxygen atoms in total. The topological polar surface area (TPSA) is 41.1 Å². The van der Waals surface area contributed by atoms with Crippen molar-refractivity contribution < 1.29 is 0 Å². The van der Waals surface area contributed by atoms with Crippen LogP contribution in [0, 0.1) is 6.92 Å². The van der Waals surface area contributed by atoms with Gasteiger partial charge in [0.15, 0.2) is 0 Å². The van der Waals surface area contributed by atoms with Gasteiger partial charge >= 0.3 is 0 Å². The number of aromatic nitrogens is 2. The van der Waals surface area contributed by atoms with Crippen molar-refractivity contribution >= 4 is 11.5 Å². The number of hydrogen-bond donors (Lipinski definition) is 1. The minimum Gasteiger partial charge on any atom is -0.329 e. The van der Waals surface area contributed by atoms with E-state index in [-0.39, 0.29) is 0 Å². The molecule has 2 aromatic rings. The Morgan fingerprint density at radius 1 is 1.21 bits per heavy atom. The maximum atomic E-state index is 4.60. The lowest BCUT2D eigenvalue weighted by Crippen LogP contribution is -2.16. The highest BCUT2D eigenvalue weighted by atomic mass is 15.2. The molecule has 0 spiro atoms. The number of benzene rings is 1. The summed E-state index contributed by atoms with van der Waals surface area (Å²) < 4.78 is 0. The molecule has 0 amide bonds. The monoisotopic (exact) mass is 256 g/mol. The molecule has 0 unspecified atom stereocenters. The van der Waals surface area contributed by atoms with Crippen molar-refractivity contribution in [2.45, 2.75) is 13.3 Å². The lowest BCUT2D eigenvalue weighted by molar-refractivity contribution is 0.754. The summed E-state index contributed by atoms with van der Waals surface area (Å²) in [6, 6.07) is 10.2. The lowest BCUT2D eigenvalue weighted by Gasteiger charge is -2.20. The van der Waals surface area contributed by atoms with Gasteiger partial charge < -0.3 is 10.2 Å². The smallest absolute Gasteiger partial charge is 0.136 e. The Hall–Kier alpha value is -1.94. The molecule has 19 heavy (non-hydrogen) atoms. The Labute approximate surface area is 114 Å². The molecule has 0 bridgehead atoms. The molecule has 0 aliphatic carbocycles. The zero-order chi connectivity index (χ0) is 13.7. The van der Waals surface area contributed by atoms with E-state index in [9.17, 15) is 0 Å². The molecule has 2 rings (SSSR count). The molecule has 0 fully saturated rings. The van der Waals surface area contributed by atoms with Crippen LogP contribution in [0.5, 0.6) is 0 Å². The van der Waals surface area contributed by atoms with Gasteiger partial charge in [0.1, 0.15) is 11.6 Å². The Kier molecular flexibility index (Phi) is 4.47. The minimum absolute atomic E-state index is 0.839. The van der Waals surface area contributed by atoms with Crippen LogP contribution in [0.1, 0.15) is 11.4 Å². The van der Waals surface area contributed by atoms with Gasteiger partial charge in [0.05, 0.1) is 0 Å². The van der Waals surface area contributed by atoms with E-state index in [0.717, 1.165) is 24.6 Å². The van der Waals surface area contributed by atoms with Gasteiger partial charge in [-0.2, -0.15) is 0 Å². The SMILES string of the molecule is CNCCc1nccc(N(C)c2ccccc2C)n1. The van der Waals surface area contributed by atoms with E-state index in [1.54, 1.807) is 0 Å². The molecule has 1 N–H and O–H groups in total. The quantitative estimate of drug-likeness (QED) is 0.891. The first-order valence-corrected chi connectivity index (χ1v) is 6.48. The fourth-order valence-corrected chi connectivity index (χ4v) is 2.00. The third-order valence-electron chi connectivity index (χ3n) is 3.11. The summed E-state index contributed by atoms with van der Waals surface area (Å²) in [7, 11) is 3.97. The van der Waals surface area contributed by atoms with Crippen LogP contribution in [-0.2, 0) is 6.42 Å². The van der Waals surface area contributed by atoms with Crippen LogP contribution in [0.15, 0.2) is 36.5 Å². The van der Waals surface area contributed by atoms with Gasteiger partial charge in [0.2, 0.25) is 0 Å². The summed E-state index contributed by atoms with van der Waals surface area (Å²) in [4.78, 5) is 11.0.